The zero-order chi connectivity index (χ0) is 16.1. The third kappa shape index (κ3) is 4.06. The number of hydrogen-bond acceptors (Lipinski definition) is 4. The van der Waals surface area contributed by atoms with Crippen LogP contribution in [-0.2, 0) is 17.8 Å². The molecule has 2 heterocycles. The third-order valence-corrected chi connectivity index (χ3v) is 5.48. The summed E-state index contributed by atoms with van der Waals surface area (Å²) in [5, 5.41) is 3.06. The lowest BCUT2D eigenvalue weighted by molar-refractivity contribution is -0.131. The second kappa shape index (κ2) is 7.53. The van der Waals surface area contributed by atoms with Crippen molar-refractivity contribution in [2.75, 3.05) is 6.54 Å². The van der Waals surface area contributed by atoms with Crippen LogP contribution in [0, 0.1) is 0 Å². The first kappa shape index (κ1) is 15.9. The van der Waals surface area contributed by atoms with E-state index < -0.39 is 0 Å². The molecule has 5 heteroatoms. The number of amides is 1. The van der Waals surface area contributed by atoms with E-state index in [-0.39, 0.29) is 5.91 Å². The van der Waals surface area contributed by atoms with E-state index in [1.807, 2.05) is 34.5 Å². The molecular weight excluding hydrogens is 324 g/mol. The molecule has 0 saturated heterocycles. The molecule has 0 N–H and O–H groups in total. The first-order valence-electron chi connectivity index (χ1n) is 7.52. The molecule has 3 aromatic rings. The Morgan fingerprint density at radius 3 is 2.87 bits per heavy atom. The van der Waals surface area contributed by atoms with Gasteiger partial charge >= 0.3 is 0 Å². The number of aromatic nitrogens is 1. The maximum absolute atomic E-state index is 12.5. The summed E-state index contributed by atoms with van der Waals surface area (Å²) in [6.45, 7) is 4.99. The molecule has 0 spiro atoms. The van der Waals surface area contributed by atoms with Crippen LogP contribution in [0.1, 0.15) is 16.3 Å². The summed E-state index contributed by atoms with van der Waals surface area (Å²) in [5.74, 6) is 0.151. The maximum Gasteiger partial charge on any atom is 0.223 e. The minimum absolute atomic E-state index is 0.151. The number of rotatable bonds is 7. The van der Waals surface area contributed by atoms with Crippen LogP contribution in [0.15, 0.2) is 54.4 Å². The monoisotopic (exact) mass is 342 g/mol. The molecule has 0 bridgehead atoms. The van der Waals surface area contributed by atoms with Gasteiger partial charge in [0, 0.05) is 24.3 Å². The van der Waals surface area contributed by atoms with Crippen molar-refractivity contribution in [1.29, 1.82) is 0 Å². The molecule has 1 aromatic carbocycles. The predicted octanol–water partition coefficient (Wildman–Crippen LogP) is 4.51. The molecule has 0 atom stereocenters. The SMILES string of the molecule is C=CCN(Cc1cccs1)C(=O)CCc1nc2ccccc2s1. The number of carbonyl (C=O) groups excluding carboxylic acids is 1. The maximum atomic E-state index is 12.5. The van der Waals surface area contributed by atoms with Gasteiger partial charge in [-0.1, -0.05) is 24.3 Å². The van der Waals surface area contributed by atoms with Crippen molar-refractivity contribution in [2.24, 2.45) is 0 Å². The van der Waals surface area contributed by atoms with Crippen LogP contribution in [0.25, 0.3) is 10.2 Å². The predicted molar refractivity (Wildman–Crippen MR) is 97.9 cm³/mol. The van der Waals surface area contributed by atoms with Gasteiger partial charge in [-0.25, -0.2) is 4.98 Å². The smallest absolute Gasteiger partial charge is 0.223 e. The van der Waals surface area contributed by atoms with Gasteiger partial charge in [-0.3, -0.25) is 4.79 Å². The number of fused-ring (bicyclic) bond motifs is 1. The minimum Gasteiger partial charge on any atom is -0.334 e. The van der Waals surface area contributed by atoms with Crippen LogP contribution in [0.2, 0.25) is 0 Å². The van der Waals surface area contributed by atoms with Crippen LogP contribution in [0.3, 0.4) is 0 Å². The molecule has 0 radical (unpaired) electrons. The largest absolute Gasteiger partial charge is 0.334 e. The second-order valence-electron chi connectivity index (χ2n) is 5.22. The lowest BCUT2D eigenvalue weighted by Gasteiger charge is -2.20. The van der Waals surface area contributed by atoms with Crippen molar-refractivity contribution in [3.8, 4) is 0 Å². The average molecular weight is 342 g/mol. The molecule has 0 unspecified atom stereocenters. The number of hydrogen-bond donors (Lipinski definition) is 0. The lowest BCUT2D eigenvalue weighted by Crippen LogP contribution is -2.30. The highest BCUT2D eigenvalue weighted by Crippen LogP contribution is 2.23. The first-order valence-corrected chi connectivity index (χ1v) is 9.21. The average Bonchev–Trinajstić information content (AvgIpc) is 3.21. The van der Waals surface area contributed by atoms with E-state index in [0.29, 0.717) is 25.9 Å². The normalized spacial score (nSPS) is 10.8. The van der Waals surface area contributed by atoms with Crippen molar-refractivity contribution >= 4 is 38.8 Å². The number of benzene rings is 1. The standard InChI is InChI=1S/C18H18N2OS2/c1-2-11-20(13-14-6-5-12-22-14)18(21)10-9-17-19-15-7-3-4-8-16(15)23-17/h2-8,12H,1,9-11,13H2. The topological polar surface area (TPSA) is 33.2 Å². The summed E-state index contributed by atoms with van der Waals surface area (Å²) in [6.07, 6.45) is 2.96. The van der Waals surface area contributed by atoms with Gasteiger partial charge in [0.2, 0.25) is 5.91 Å². The fourth-order valence-electron chi connectivity index (χ4n) is 2.40. The Balaban J connectivity index is 1.62. The fourth-order valence-corrected chi connectivity index (χ4v) is 4.09. The minimum atomic E-state index is 0.151. The van der Waals surface area contributed by atoms with Gasteiger partial charge in [0.25, 0.3) is 0 Å². The van der Waals surface area contributed by atoms with Crippen LogP contribution in [-0.4, -0.2) is 22.3 Å². The van der Waals surface area contributed by atoms with Gasteiger partial charge in [-0.15, -0.1) is 29.3 Å². The van der Waals surface area contributed by atoms with E-state index >= 15 is 0 Å². The zero-order valence-corrected chi connectivity index (χ0v) is 14.4. The summed E-state index contributed by atoms with van der Waals surface area (Å²) >= 11 is 3.34. The number of thiophene rings is 1. The quantitative estimate of drug-likeness (QED) is 0.592. The fraction of sp³-hybridized carbons (Fsp3) is 0.222. The Kier molecular flexibility index (Phi) is 5.20. The highest BCUT2D eigenvalue weighted by Gasteiger charge is 2.14. The van der Waals surface area contributed by atoms with Gasteiger partial charge in [0.05, 0.1) is 21.8 Å². The highest BCUT2D eigenvalue weighted by atomic mass is 32.1. The molecule has 3 nitrogen and oxygen atoms in total. The Morgan fingerprint density at radius 1 is 1.26 bits per heavy atom. The van der Waals surface area contributed by atoms with E-state index in [0.717, 1.165) is 10.5 Å². The lowest BCUT2D eigenvalue weighted by atomic mass is 10.2. The molecule has 3 rings (SSSR count). The zero-order valence-electron chi connectivity index (χ0n) is 12.8. The molecule has 118 valence electrons. The molecule has 0 saturated carbocycles. The third-order valence-electron chi connectivity index (χ3n) is 3.52. The Labute approximate surface area is 143 Å². The number of carbonyl (C=O) groups is 1. The van der Waals surface area contributed by atoms with Crippen molar-refractivity contribution < 1.29 is 4.79 Å². The van der Waals surface area contributed by atoms with Crippen LogP contribution >= 0.6 is 22.7 Å². The molecule has 0 aliphatic rings. The van der Waals surface area contributed by atoms with Gasteiger partial charge in [0.1, 0.15) is 0 Å². The molecule has 0 aliphatic carbocycles. The van der Waals surface area contributed by atoms with Crippen molar-refractivity contribution in [3.05, 3.63) is 64.3 Å². The summed E-state index contributed by atoms with van der Waals surface area (Å²) in [5.41, 5.74) is 1.02. The molecule has 2 aromatic heterocycles. The molecule has 0 aliphatic heterocycles. The van der Waals surface area contributed by atoms with E-state index in [1.54, 1.807) is 28.7 Å². The summed E-state index contributed by atoms with van der Waals surface area (Å²) in [4.78, 5) is 20.2. The molecule has 23 heavy (non-hydrogen) atoms. The van der Waals surface area contributed by atoms with E-state index in [2.05, 4.69) is 23.7 Å². The molecule has 1 amide bonds. The number of aryl methyl sites for hydroxylation is 1. The number of thiazole rings is 1. The van der Waals surface area contributed by atoms with Crippen LogP contribution in [0.4, 0.5) is 0 Å². The number of para-hydroxylation sites is 1. The highest BCUT2D eigenvalue weighted by molar-refractivity contribution is 7.18. The summed E-state index contributed by atoms with van der Waals surface area (Å²) < 4.78 is 1.18. The molecule has 0 fully saturated rings. The van der Waals surface area contributed by atoms with E-state index in [9.17, 15) is 4.79 Å². The Bertz CT molecular complexity index is 759. The van der Waals surface area contributed by atoms with E-state index in [4.69, 9.17) is 0 Å². The van der Waals surface area contributed by atoms with Crippen LogP contribution in [0.5, 0.6) is 0 Å². The van der Waals surface area contributed by atoms with Crippen LogP contribution < -0.4 is 0 Å². The summed E-state index contributed by atoms with van der Waals surface area (Å²) in [7, 11) is 0. The second-order valence-corrected chi connectivity index (χ2v) is 7.37. The Morgan fingerprint density at radius 2 is 2.13 bits per heavy atom. The van der Waals surface area contributed by atoms with Gasteiger partial charge < -0.3 is 4.90 Å². The van der Waals surface area contributed by atoms with Gasteiger partial charge in [-0.05, 0) is 23.6 Å². The van der Waals surface area contributed by atoms with Gasteiger partial charge in [0.15, 0.2) is 0 Å². The van der Waals surface area contributed by atoms with E-state index in [1.165, 1.54) is 9.58 Å². The Hall–Kier alpha value is -1.98. The molecular formula is C18H18N2OS2. The van der Waals surface area contributed by atoms with Crippen molar-refractivity contribution in [1.82, 2.24) is 9.88 Å². The van der Waals surface area contributed by atoms with Crippen molar-refractivity contribution in [3.63, 3.8) is 0 Å². The number of nitrogens with zero attached hydrogens (tertiary/aromatic N) is 2. The van der Waals surface area contributed by atoms with Gasteiger partial charge in [-0.2, -0.15) is 0 Å². The van der Waals surface area contributed by atoms with Crippen molar-refractivity contribution in [2.45, 2.75) is 19.4 Å². The first-order chi connectivity index (χ1) is 11.3. The summed E-state index contributed by atoms with van der Waals surface area (Å²) in [6, 6.07) is 12.2.